The maximum atomic E-state index is 10.8. The van der Waals surface area contributed by atoms with Crippen LogP contribution in [0, 0.1) is 0 Å². The zero-order valence-corrected chi connectivity index (χ0v) is 7.47. The normalized spacial score (nSPS) is 9.87. The Morgan fingerprint density at radius 2 is 1.53 bits per heavy atom. The van der Waals surface area contributed by atoms with Gasteiger partial charge in [-0.25, -0.2) is 4.79 Å². The predicted octanol–water partition coefficient (Wildman–Crippen LogP) is -0.000400. The fraction of sp³-hybridized carbons (Fsp3) is 0.111. The van der Waals surface area contributed by atoms with Crippen molar-refractivity contribution >= 4 is 11.8 Å². The highest BCUT2D eigenvalue weighted by molar-refractivity contribution is 6.33. The van der Waals surface area contributed by atoms with Gasteiger partial charge in [0.2, 0.25) is 5.78 Å². The van der Waals surface area contributed by atoms with Gasteiger partial charge >= 0.3 is 5.97 Å². The predicted molar refractivity (Wildman–Crippen MR) is 47.8 cm³/mol. The molecule has 4 N–H and O–H groups in total. The Morgan fingerprint density at radius 3 is 1.93 bits per heavy atom. The van der Waals surface area contributed by atoms with E-state index < -0.39 is 35.4 Å². The second-order valence-electron chi connectivity index (χ2n) is 2.89. The molecule has 0 radical (unpaired) electrons. The molecule has 0 amide bonds. The van der Waals surface area contributed by atoms with E-state index in [1.165, 1.54) is 0 Å². The van der Waals surface area contributed by atoms with Crippen LogP contribution in [0.5, 0.6) is 17.2 Å². The van der Waals surface area contributed by atoms with Gasteiger partial charge in [-0.05, 0) is 17.7 Å². The molecule has 0 unspecified atom stereocenters. The molecular weight excluding hydrogens is 204 g/mol. The number of hydrogen-bond donors (Lipinski definition) is 4. The first-order valence-electron chi connectivity index (χ1n) is 3.91. The number of carboxylic acid groups (broad SMARTS) is 1. The van der Waals surface area contributed by atoms with Crippen molar-refractivity contribution in [2.24, 2.45) is 0 Å². The van der Waals surface area contributed by atoms with Crippen molar-refractivity contribution in [3.05, 3.63) is 17.7 Å². The molecule has 0 bridgehead atoms. The van der Waals surface area contributed by atoms with Crippen LogP contribution in [0.25, 0.3) is 0 Å². The van der Waals surface area contributed by atoms with Crippen molar-refractivity contribution in [1.82, 2.24) is 0 Å². The van der Waals surface area contributed by atoms with Crippen molar-refractivity contribution in [3.8, 4) is 17.2 Å². The second-order valence-corrected chi connectivity index (χ2v) is 2.89. The third-order valence-electron chi connectivity index (χ3n) is 1.73. The summed E-state index contributed by atoms with van der Waals surface area (Å²) in [5.74, 6) is -4.59. The van der Waals surface area contributed by atoms with E-state index in [1.54, 1.807) is 0 Å². The number of phenols is 3. The molecule has 1 aromatic carbocycles. The number of aromatic hydroxyl groups is 3. The smallest absolute Gasteiger partial charge is 0.372 e. The molecule has 6 nitrogen and oxygen atoms in total. The standard InChI is InChI=1S/C9H8O6/c10-5-1-4(2-6(11)8(5)13)3-7(12)9(14)15/h1-2,10-11,13H,3H2,(H,14,15). The van der Waals surface area contributed by atoms with Gasteiger partial charge in [0.15, 0.2) is 17.2 Å². The van der Waals surface area contributed by atoms with Crippen LogP contribution < -0.4 is 0 Å². The van der Waals surface area contributed by atoms with Gasteiger partial charge in [-0.15, -0.1) is 0 Å². The lowest BCUT2D eigenvalue weighted by Gasteiger charge is -2.03. The van der Waals surface area contributed by atoms with Gasteiger partial charge in [-0.1, -0.05) is 0 Å². The number of Topliss-reactive ketones (excluding diaryl/α,β-unsaturated/α-hetero) is 1. The molecule has 0 spiro atoms. The highest BCUT2D eigenvalue weighted by Gasteiger charge is 2.15. The molecule has 1 rings (SSSR count). The van der Waals surface area contributed by atoms with E-state index in [4.69, 9.17) is 20.4 Å². The van der Waals surface area contributed by atoms with Gasteiger partial charge in [-0.3, -0.25) is 4.79 Å². The van der Waals surface area contributed by atoms with Crippen LogP contribution in [-0.2, 0) is 16.0 Å². The summed E-state index contributed by atoms with van der Waals surface area (Å²) in [7, 11) is 0. The topological polar surface area (TPSA) is 115 Å². The molecule has 15 heavy (non-hydrogen) atoms. The van der Waals surface area contributed by atoms with Gasteiger partial charge in [0.1, 0.15) is 0 Å². The highest BCUT2D eigenvalue weighted by atomic mass is 16.4. The molecule has 80 valence electrons. The Labute approximate surface area is 84.0 Å². The van der Waals surface area contributed by atoms with Crippen molar-refractivity contribution < 1.29 is 30.0 Å². The molecule has 0 aromatic heterocycles. The van der Waals surface area contributed by atoms with Crippen LogP contribution in [0.1, 0.15) is 5.56 Å². The zero-order chi connectivity index (χ0) is 11.6. The summed E-state index contributed by atoms with van der Waals surface area (Å²) in [6.45, 7) is 0. The Balaban J connectivity index is 2.98. The largest absolute Gasteiger partial charge is 0.504 e. The van der Waals surface area contributed by atoms with E-state index in [9.17, 15) is 9.59 Å². The molecule has 0 atom stereocenters. The summed E-state index contributed by atoms with van der Waals surface area (Å²) in [6, 6.07) is 2.02. The fourth-order valence-corrected chi connectivity index (χ4v) is 1.02. The number of hydrogen-bond acceptors (Lipinski definition) is 5. The first-order chi connectivity index (χ1) is 6.91. The van der Waals surface area contributed by atoms with Crippen molar-refractivity contribution in [3.63, 3.8) is 0 Å². The average molecular weight is 212 g/mol. The van der Waals surface area contributed by atoms with Crippen molar-refractivity contribution in [2.45, 2.75) is 6.42 Å². The molecule has 0 heterocycles. The number of carboxylic acids is 1. The molecule has 0 aliphatic heterocycles. The Bertz CT molecular complexity index is 400. The SMILES string of the molecule is O=C(O)C(=O)Cc1cc(O)c(O)c(O)c1. The second kappa shape index (κ2) is 3.87. The molecule has 6 heteroatoms. The van der Waals surface area contributed by atoms with Crippen LogP contribution in [0.15, 0.2) is 12.1 Å². The molecule has 0 aliphatic carbocycles. The monoisotopic (exact) mass is 212 g/mol. The first kappa shape index (κ1) is 10.8. The summed E-state index contributed by atoms with van der Waals surface area (Å²) in [5, 5.41) is 35.4. The quantitative estimate of drug-likeness (QED) is 0.414. The third kappa shape index (κ3) is 2.37. The van der Waals surface area contributed by atoms with Gasteiger partial charge in [0.05, 0.1) is 0 Å². The van der Waals surface area contributed by atoms with E-state index in [2.05, 4.69) is 0 Å². The van der Waals surface area contributed by atoms with Crippen molar-refractivity contribution in [2.75, 3.05) is 0 Å². The Morgan fingerprint density at radius 1 is 1.07 bits per heavy atom. The number of phenolic OH excluding ortho intramolecular Hbond substituents is 3. The summed E-state index contributed by atoms with van der Waals surface area (Å²) < 4.78 is 0. The summed E-state index contributed by atoms with van der Waals surface area (Å²) in [6.07, 6.45) is -0.462. The van der Waals surface area contributed by atoms with E-state index in [1.807, 2.05) is 0 Å². The Kier molecular flexibility index (Phi) is 2.80. The van der Waals surface area contributed by atoms with Gasteiger partial charge in [-0.2, -0.15) is 0 Å². The van der Waals surface area contributed by atoms with E-state index in [-0.39, 0.29) is 5.56 Å². The number of carbonyl (C=O) groups is 2. The van der Waals surface area contributed by atoms with Crippen LogP contribution in [0.4, 0.5) is 0 Å². The summed E-state index contributed by atoms with van der Waals surface area (Å²) in [5.41, 5.74) is 0.107. The van der Waals surface area contributed by atoms with Crippen LogP contribution in [0.2, 0.25) is 0 Å². The van der Waals surface area contributed by atoms with Gasteiger partial charge < -0.3 is 20.4 Å². The number of carbonyl (C=O) groups excluding carboxylic acids is 1. The van der Waals surface area contributed by atoms with Crippen LogP contribution in [0.3, 0.4) is 0 Å². The zero-order valence-electron chi connectivity index (χ0n) is 7.47. The van der Waals surface area contributed by atoms with Gasteiger partial charge in [0, 0.05) is 6.42 Å². The number of rotatable bonds is 3. The van der Waals surface area contributed by atoms with Crippen molar-refractivity contribution in [1.29, 1.82) is 0 Å². The summed E-state index contributed by atoms with van der Waals surface area (Å²) in [4.78, 5) is 21.0. The van der Waals surface area contributed by atoms with E-state index in [0.717, 1.165) is 12.1 Å². The van der Waals surface area contributed by atoms with E-state index in [0.29, 0.717) is 0 Å². The lowest BCUT2D eigenvalue weighted by molar-refractivity contribution is -0.148. The number of ketones is 1. The molecule has 0 saturated heterocycles. The lowest BCUT2D eigenvalue weighted by atomic mass is 10.1. The highest BCUT2D eigenvalue weighted by Crippen LogP contribution is 2.35. The minimum atomic E-state index is -1.60. The van der Waals surface area contributed by atoms with E-state index >= 15 is 0 Å². The first-order valence-corrected chi connectivity index (χ1v) is 3.91. The maximum Gasteiger partial charge on any atom is 0.372 e. The minimum absolute atomic E-state index is 0.107. The molecule has 0 fully saturated rings. The Hall–Kier alpha value is -2.24. The fourth-order valence-electron chi connectivity index (χ4n) is 1.02. The maximum absolute atomic E-state index is 10.8. The average Bonchev–Trinajstić information content (AvgIpc) is 2.13. The molecular formula is C9H8O6. The molecule has 0 saturated carbocycles. The summed E-state index contributed by atoms with van der Waals surface area (Å²) >= 11 is 0. The number of benzene rings is 1. The lowest BCUT2D eigenvalue weighted by Crippen LogP contribution is -2.14. The molecule has 0 aliphatic rings. The van der Waals surface area contributed by atoms with Crippen LogP contribution in [-0.4, -0.2) is 32.2 Å². The minimum Gasteiger partial charge on any atom is -0.504 e. The number of aliphatic carboxylic acids is 1. The molecule has 1 aromatic rings. The van der Waals surface area contributed by atoms with Crippen LogP contribution >= 0.6 is 0 Å². The van der Waals surface area contributed by atoms with Gasteiger partial charge in [0.25, 0.3) is 0 Å². The third-order valence-corrected chi connectivity index (χ3v) is 1.73.